The molecule has 4 N–H and O–H groups in total. The van der Waals surface area contributed by atoms with Crippen LogP contribution in [0.5, 0.6) is 0 Å². The zero-order valence-electron chi connectivity index (χ0n) is 26.1. The van der Waals surface area contributed by atoms with Crippen molar-refractivity contribution in [2.45, 2.75) is 102 Å². The van der Waals surface area contributed by atoms with E-state index in [1.54, 1.807) is 32.0 Å². The number of carbonyl (C=O) groups is 2. The fourth-order valence-corrected chi connectivity index (χ4v) is 6.46. The number of nitriles is 1. The van der Waals surface area contributed by atoms with Gasteiger partial charge in [0.05, 0.1) is 11.8 Å². The molecule has 9 nitrogen and oxygen atoms in total. The van der Waals surface area contributed by atoms with Crippen LogP contribution in [-0.2, 0) is 5.60 Å². The topological polar surface area (TPSA) is 142 Å². The second kappa shape index (κ2) is 8.84. The lowest BCUT2D eigenvalue weighted by molar-refractivity contribution is -0.104. The summed E-state index contributed by atoms with van der Waals surface area (Å²) < 4.78 is 36.0. The van der Waals surface area contributed by atoms with Crippen molar-refractivity contribution in [1.29, 1.82) is 5.26 Å². The molecule has 1 aromatic heterocycles. The summed E-state index contributed by atoms with van der Waals surface area (Å²) in [7, 11) is 0. The second-order valence-corrected chi connectivity index (χ2v) is 12.1. The number of nitrogens with zero attached hydrogens (tertiary/aromatic N) is 3. The highest BCUT2D eigenvalue weighted by Crippen LogP contribution is 2.57. The number of imidazole rings is 1. The molecule has 2 amide bonds. The summed E-state index contributed by atoms with van der Waals surface area (Å²) in [6, 6.07) is 6.70. The number of aliphatic hydroxyl groups is 1. The molecule has 2 bridgehead atoms. The first-order valence-electron chi connectivity index (χ1n) is 15.1. The Kier molecular flexibility index (Phi) is 5.01. The van der Waals surface area contributed by atoms with E-state index in [0.29, 0.717) is 30.4 Å². The molecular formula is C29H37N5O4. The van der Waals surface area contributed by atoms with Crippen molar-refractivity contribution in [2.75, 3.05) is 5.32 Å². The van der Waals surface area contributed by atoms with Crippen molar-refractivity contribution in [2.24, 2.45) is 5.41 Å². The van der Waals surface area contributed by atoms with Crippen molar-refractivity contribution in [3.05, 3.63) is 47.0 Å². The van der Waals surface area contributed by atoms with Gasteiger partial charge < -0.3 is 20.5 Å². The van der Waals surface area contributed by atoms with Gasteiger partial charge in [-0.3, -0.25) is 9.69 Å². The van der Waals surface area contributed by atoms with Gasteiger partial charge in [0.25, 0.3) is 5.91 Å². The molecule has 202 valence electrons. The SMILES string of the molecule is [2H]C1CC(C)(C)CCC1([2H])c1cc(C2(O)CC3(C)C([2H])C([2H])[C@@](C)(C2)N3C(=O)O)ccc1NC(=O)c1ncc(C#N)[nH]1. The van der Waals surface area contributed by atoms with E-state index in [0.717, 1.165) is 4.90 Å². The summed E-state index contributed by atoms with van der Waals surface area (Å²) in [6.45, 7) is 7.31. The van der Waals surface area contributed by atoms with Crippen LogP contribution in [0.1, 0.15) is 118 Å². The molecule has 1 saturated carbocycles. The third-order valence-electron chi connectivity index (χ3n) is 8.35. The van der Waals surface area contributed by atoms with E-state index in [1.807, 2.05) is 6.07 Å². The van der Waals surface area contributed by atoms with Gasteiger partial charge >= 0.3 is 6.09 Å². The number of amides is 2. The number of hydrogen-bond acceptors (Lipinski definition) is 5. The van der Waals surface area contributed by atoms with Crippen molar-refractivity contribution < 1.29 is 25.3 Å². The van der Waals surface area contributed by atoms with Gasteiger partial charge in [-0.25, -0.2) is 9.78 Å². The van der Waals surface area contributed by atoms with Crippen LogP contribution >= 0.6 is 0 Å². The average molecular weight is 524 g/mol. The molecule has 5 rings (SSSR count). The summed E-state index contributed by atoms with van der Waals surface area (Å²) in [5.74, 6) is -2.16. The van der Waals surface area contributed by atoms with E-state index in [4.69, 9.17) is 9.37 Å². The Hall–Kier alpha value is -3.38. The average Bonchev–Trinajstić information content (AvgIpc) is 3.42. The summed E-state index contributed by atoms with van der Waals surface area (Å²) in [4.78, 5) is 33.1. The quantitative estimate of drug-likeness (QED) is 0.417. The van der Waals surface area contributed by atoms with Gasteiger partial charge in [0.2, 0.25) is 0 Å². The van der Waals surface area contributed by atoms with Crippen molar-refractivity contribution in [1.82, 2.24) is 14.9 Å². The number of anilines is 1. The number of carboxylic acid groups (broad SMARTS) is 1. The number of rotatable bonds is 4. The lowest BCUT2D eigenvalue weighted by Gasteiger charge is -2.53. The van der Waals surface area contributed by atoms with E-state index in [-0.39, 0.29) is 35.5 Å². The van der Waals surface area contributed by atoms with Crippen LogP contribution in [-0.4, -0.2) is 48.2 Å². The lowest BCUT2D eigenvalue weighted by atomic mass is 9.69. The smallest absolute Gasteiger partial charge is 0.408 e. The molecule has 0 radical (unpaired) electrons. The number of benzene rings is 1. The van der Waals surface area contributed by atoms with Crippen LogP contribution in [0.4, 0.5) is 10.5 Å². The molecule has 6 unspecified atom stereocenters. The van der Waals surface area contributed by atoms with E-state index >= 15 is 0 Å². The number of hydrogen-bond donors (Lipinski definition) is 4. The largest absolute Gasteiger partial charge is 0.465 e. The predicted octanol–water partition coefficient (Wildman–Crippen LogP) is 5.49. The van der Waals surface area contributed by atoms with Gasteiger partial charge in [-0.05, 0) is 80.8 Å². The molecule has 2 aromatic rings. The van der Waals surface area contributed by atoms with Crippen LogP contribution in [0.25, 0.3) is 0 Å². The van der Waals surface area contributed by atoms with E-state index in [1.165, 1.54) is 6.20 Å². The highest BCUT2D eigenvalue weighted by Gasteiger charge is 2.62. The standard InChI is InChI=1S/C29H37N5O4/c1-26(2)9-7-18(8-10-26)21-13-19(5-6-22(21)33-24(35)23-31-15-20(14-30)32-23)29(38)16-27(3)11-12-28(4,17-29)34(27)25(36)37/h5-6,13,15,18,38H,7-12,16-17H2,1-4H3,(H,31,32)(H,33,35)(H,36,37)/t27-,28?,29?/m0/s1/i7D,11D,12D,18D/t7?,11?,12?,18?,27-,28?,29?. The second-order valence-electron chi connectivity index (χ2n) is 12.1. The fraction of sp³-hybridized carbons (Fsp3) is 0.586. The molecular weight excluding hydrogens is 482 g/mol. The number of aromatic amines is 1. The fourth-order valence-electron chi connectivity index (χ4n) is 6.46. The minimum absolute atomic E-state index is 0.0899. The predicted molar refractivity (Wildman–Crippen MR) is 142 cm³/mol. The molecule has 2 saturated heterocycles. The first kappa shape index (κ1) is 21.5. The Morgan fingerprint density at radius 1 is 1.24 bits per heavy atom. The minimum Gasteiger partial charge on any atom is -0.465 e. The number of fused-ring (bicyclic) bond motifs is 2. The molecule has 1 aliphatic carbocycles. The number of piperidine rings is 1. The number of aromatic nitrogens is 2. The Bertz CT molecular complexity index is 1470. The summed E-state index contributed by atoms with van der Waals surface area (Å²) in [5, 5.41) is 34.1. The van der Waals surface area contributed by atoms with Gasteiger partial charge in [0.15, 0.2) is 5.82 Å². The van der Waals surface area contributed by atoms with Gasteiger partial charge in [-0.15, -0.1) is 0 Å². The Morgan fingerprint density at radius 3 is 2.50 bits per heavy atom. The molecule has 1 aromatic carbocycles. The first-order chi connectivity index (χ1) is 19.4. The summed E-state index contributed by atoms with van der Waals surface area (Å²) >= 11 is 0. The van der Waals surface area contributed by atoms with Gasteiger partial charge in [-0.2, -0.15) is 5.26 Å². The minimum atomic E-state index is -1.63. The molecule has 7 atom stereocenters. The molecule has 2 aliphatic heterocycles. The maximum atomic E-state index is 13.1. The molecule has 3 aliphatic rings. The van der Waals surface area contributed by atoms with E-state index in [2.05, 4.69) is 29.1 Å². The summed E-state index contributed by atoms with van der Waals surface area (Å²) in [6.07, 6.45) is -1.80. The van der Waals surface area contributed by atoms with Crippen LogP contribution < -0.4 is 5.32 Å². The molecule has 3 heterocycles. The van der Waals surface area contributed by atoms with Crippen LogP contribution in [0.15, 0.2) is 24.4 Å². The normalized spacial score (nSPS) is 41.3. The first-order valence-corrected chi connectivity index (χ1v) is 12.8. The van der Waals surface area contributed by atoms with Crippen LogP contribution in [0.3, 0.4) is 0 Å². The van der Waals surface area contributed by atoms with Gasteiger partial charge in [-0.1, -0.05) is 26.0 Å². The van der Waals surface area contributed by atoms with Crippen LogP contribution in [0, 0.1) is 16.7 Å². The van der Waals surface area contributed by atoms with Crippen LogP contribution in [0.2, 0.25) is 0 Å². The zero-order chi connectivity index (χ0) is 31.0. The van der Waals surface area contributed by atoms with Gasteiger partial charge in [0, 0.05) is 35.1 Å². The maximum Gasteiger partial charge on any atom is 0.408 e. The monoisotopic (exact) mass is 523 g/mol. The molecule has 3 fully saturated rings. The third kappa shape index (κ3) is 4.45. The number of carbonyl (C=O) groups excluding carboxylic acids is 1. The molecule has 38 heavy (non-hydrogen) atoms. The summed E-state index contributed by atoms with van der Waals surface area (Å²) in [5.41, 5.74) is -3.34. The van der Waals surface area contributed by atoms with Gasteiger partial charge in [0.1, 0.15) is 11.8 Å². The lowest BCUT2D eigenvalue weighted by Crippen LogP contribution is -2.62. The van der Waals surface area contributed by atoms with Crippen molar-refractivity contribution >= 4 is 17.7 Å². The number of H-pyrrole nitrogens is 1. The van der Waals surface area contributed by atoms with E-state index in [9.17, 15) is 21.2 Å². The Balaban J connectivity index is 1.60. The highest BCUT2D eigenvalue weighted by atomic mass is 16.4. The van der Waals surface area contributed by atoms with Crippen molar-refractivity contribution in [3.63, 3.8) is 0 Å². The molecule has 9 heteroatoms. The number of nitrogens with one attached hydrogen (secondary N) is 2. The zero-order valence-corrected chi connectivity index (χ0v) is 22.1. The Labute approximate surface area is 228 Å². The Morgan fingerprint density at radius 2 is 1.92 bits per heavy atom. The van der Waals surface area contributed by atoms with Crippen molar-refractivity contribution in [3.8, 4) is 6.07 Å². The van der Waals surface area contributed by atoms with E-state index < -0.39 is 53.8 Å². The highest BCUT2D eigenvalue weighted by molar-refractivity contribution is 6.02. The molecule has 0 spiro atoms. The maximum absolute atomic E-state index is 13.1. The third-order valence-corrected chi connectivity index (χ3v) is 8.35.